The topological polar surface area (TPSA) is 40.8 Å². The van der Waals surface area contributed by atoms with Crippen molar-refractivity contribution in [3.8, 4) is 56.6 Å². The summed E-state index contributed by atoms with van der Waals surface area (Å²) in [5, 5.41) is 2.07. The van der Waals surface area contributed by atoms with E-state index in [1.165, 1.54) is 59.2 Å². The summed E-state index contributed by atoms with van der Waals surface area (Å²) in [5.41, 5.74) is -30.8. The molecule has 448 valence electrons. The van der Waals surface area contributed by atoms with E-state index in [4.69, 9.17) is 50.8 Å². The molecule has 0 bridgehead atoms. The smallest absolute Gasteiger partial charge is 0.268 e. The van der Waals surface area contributed by atoms with E-state index < -0.39 is 208 Å². The second-order valence-electron chi connectivity index (χ2n) is 23.0. The molecular formula is C82H77N5OPt-2. The molecule has 0 amide bonds. The Labute approximate surface area is 600 Å². The largest absolute Gasteiger partial charge is 0.510 e. The van der Waals surface area contributed by atoms with Gasteiger partial charge in [-0.1, -0.05) is 202 Å². The molecule has 15 rings (SSSR count). The number of ether oxygens (including phenoxy) is 1. The third-order valence-corrected chi connectivity index (χ3v) is 16.1. The van der Waals surface area contributed by atoms with Crippen molar-refractivity contribution in [3.63, 3.8) is 0 Å². The van der Waals surface area contributed by atoms with Gasteiger partial charge in [0.2, 0.25) is 0 Å². The maximum atomic E-state index is 10.5. The van der Waals surface area contributed by atoms with E-state index >= 15 is 0 Å². The van der Waals surface area contributed by atoms with Crippen LogP contribution < -0.4 is 9.30 Å². The maximum Gasteiger partial charge on any atom is 0.268 e. The minimum atomic E-state index is -4.90. The molecule has 13 aromatic rings. The van der Waals surface area contributed by atoms with Crippen LogP contribution in [-0.4, -0.2) is 18.7 Å². The van der Waals surface area contributed by atoms with Crippen molar-refractivity contribution in [2.24, 2.45) is 0 Å². The Bertz CT molecular complexity index is 6680. The van der Waals surface area contributed by atoms with E-state index in [1.807, 2.05) is 32.9 Å². The maximum absolute atomic E-state index is 10.5. The van der Waals surface area contributed by atoms with Crippen molar-refractivity contribution < 1.29 is 90.7 Å². The molecule has 89 heavy (non-hydrogen) atoms. The van der Waals surface area contributed by atoms with Gasteiger partial charge < -0.3 is 18.4 Å². The summed E-state index contributed by atoms with van der Waals surface area (Å²) in [6.45, 7) is -36.2. The van der Waals surface area contributed by atoms with Crippen LogP contribution in [0.1, 0.15) is 200 Å². The van der Waals surface area contributed by atoms with Crippen molar-refractivity contribution in [1.82, 2.24) is 18.7 Å². The van der Waals surface area contributed by atoms with Gasteiger partial charge in [0.15, 0.2) is 0 Å². The van der Waals surface area contributed by atoms with Crippen LogP contribution in [0.15, 0.2) is 182 Å². The second-order valence-corrected chi connectivity index (χ2v) is 23.0. The number of benzene rings is 9. The zero-order valence-electron chi connectivity index (χ0n) is 91.3. The first kappa shape index (κ1) is 27.0. The van der Waals surface area contributed by atoms with E-state index in [0.29, 0.717) is 44.1 Å². The van der Waals surface area contributed by atoms with Crippen LogP contribution in [0, 0.1) is 32.2 Å². The molecule has 0 saturated carbocycles. The number of nitrogens with zero attached hydrogens (tertiary/aromatic N) is 5. The van der Waals surface area contributed by atoms with Gasteiger partial charge in [0.05, 0.1) is 36.0 Å². The average molecular weight is 1390 g/mol. The van der Waals surface area contributed by atoms with Crippen LogP contribution in [0.25, 0.3) is 99.8 Å². The van der Waals surface area contributed by atoms with Gasteiger partial charge in [-0.05, 0) is 163 Å². The van der Waals surface area contributed by atoms with Crippen molar-refractivity contribution in [1.29, 1.82) is 0 Å². The molecule has 0 atom stereocenters. The van der Waals surface area contributed by atoms with E-state index in [1.54, 1.807) is 69.9 Å². The molecule has 2 aliphatic rings. The summed E-state index contributed by atoms with van der Waals surface area (Å²) < 4.78 is 419. The Balaban J connectivity index is 0.0000142. The van der Waals surface area contributed by atoms with E-state index in [9.17, 15) is 19.2 Å². The zero-order chi connectivity index (χ0) is 98.4. The Morgan fingerprint density at radius 2 is 1.15 bits per heavy atom. The van der Waals surface area contributed by atoms with Gasteiger partial charge in [0.25, 0.3) is 6.33 Å². The number of aromatic nitrogens is 5. The molecule has 6 nitrogen and oxygen atoms in total. The molecule has 0 spiro atoms. The van der Waals surface area contributed by atoms with E-state index in [0.717, 1.165) is 28.3 Å². The summed E-state index contributed by atoms with van der Waals surface area (Å²) >= 11 is 0. The van der Waals surface area contributed by atoms with Gasteiger partial charge in [-0.2, -0.15) is 18.2 Å². The van der Waals surface area contributed by atoms with Crippen molar-refractivity contribution >= 4 is 54.6 Å². The fraction of sp³-hybridized carbons (Fsp3) is 0.268. The number of rotatable bonds is 8. The summed E-state index contributed by atoms with van der Waals surface area (Å²) in [6, 6.07) is 30.0. The molecule has 0 fully saturated rings. The van der Waals surface area contributed by atoms with Gasteiger partial charge in [0, 0.05) is 113 Å². The fourth-order valence-corrected chi connectivity index (χ4v) is 11.9. The summed E-state index contributed by atoms with van der Waals surface area (Å²) in [5.74, 6) is 0.207. The quantitative estimate of drug-likeness (QED) is 0.112. The van der Waals surface area contributed by atoms with Crippen LogP contribution in [0.4, 0.5) is 0 Å². The minimum absolute atomic E-state index is 0. The first-order valence-electron chi connectivity index (χ1n) is 49.7. The number of pyridine rings is 1. The van der Waals surface area contributed by atoms with Crippen LogP contribution in [0.3, 0.4) is 0 Å². The predicted molar refractivity (Wildman–Crippen MR) is 364 cm³/mol. The van der Waals surface area contributed by atoms with Gasteiger partial charge >= 0.3 is 0 Å². The average Bonchev–Trinajstić information content (AvgIpc) is 0.730. The number of imidazole rings is 1. The first-order valence-corrected chi connectivity index (χ1v) is 27.7. The first-order chi connectivity index (χ1) is 60.1. The molecule has 0 saturated heterocycles. The summed E-state index contributed by atoms with van der Waals surface area (Å²) in [4.78, 5) is 4.87. The van der Waals surface area contributed by atoms with Crippen molar-refractivity contribution in [2.45, 2.75) is 142 Å². The van der Waals surface area contributed by atoms with Crippen LogP contribution in [-0.2, 0) is 48.1 Å². The van der Waals surface area contributed by atoms with Gasteiger partial charge in [0.1, 0.15) is 5.82 Å². The molecular weight excluding hydrogens is 1270 g/mol. The second kappa shape index (κ2) is 20.9. The molecule has 7 heteroatoms. The molecule has 9 aromatic carbocycles. The third-order valence-electron chi connectivity index (χ3n) is 16.1. The van der Waals surface area contributed by atoms with Crippen LogP contribution in [0.2, 0.25) is 0 Å². The standard InChI is InChI=1S/C82H77N5O.Pt/c1-51-20-16-26-64-65-27-17-21-52(2)76(65)86(75(51)64)57-32-34-62-63-35-33-59(49-73(63)87(72(62)48-57)74-46-55(38-43-83-74)78(3,4)5)88-58-23-18-22-56(47-58)84-50-85(71-29-15-14-28-70(71)84)77-60(53-30-36-66-68(44-53)81(10,11)41-39-79(66,6)7)24-19-25-61(77)54-31-37-67-69(45-54)82(12,13)42-40-80(67,8)9;/h14-38,43-46,48H,39-42H2,1-13H3;/q-2;/i1D3,2D3,6D3,7D3,8D3,9D3,10D3,11D3,12D3,13D3,30D,31D,36D,37D,39D2,40D2,41D2,42D2,44D,45D;. The number of aryl methyl sites for hydroxylation is 2. The molecule has 4 heterocycles. The van der Waals surface area contributed by atoms with Gasteiger partial charge in [-0.3, -0.25) is 4.57 Å². The summed E-state index contributed by atoms with van der Waals surface area (Å²) in [6.07, 6.45) is -14.8. The minimum Gasteiger partial charge on any atom is -0.510 e. The predicted octanol–water partition coefficient (Wildman–Crippen LogP) is 20.6. The Hall–Kier alpha value is -8.31. The number of fused-ring (bicyclic) bond motifs is 9. The number of hydrogen-bond acceptors (Lipinski definition) is 2. The normalized spacial score (nSPS) is 26.7. The Morgan fingerprint density at radius 3 is 1.76 bits per heavy atom. The molecule has 2 aliphatic carbocycles. The van der Waals surface area contributed by atoms with Crippen LogP contribution >= 0.6 is 0 Å². The molecule has 0 radical (unpaired) electrons. The molecule has 4 aromatic heterocycles. The Morgan fingerprint density at radius 1 is 0.562 bits per heavy atom. The molecule has 0 aliphatic heterocycles. The van der Waals surface area contributed by atoms with Crippen LogP contribution in [0.5, 0.6) is 11.5 Å². The van der Waals surface area contributed by atoms with Gasteiger partial charge in [-0.15, -0.1) is 29.7 Å². The van der Waals surface area contributed by atoms with Gasteiger partial charge in [-0.25, -0.2) is 4.98 Å². The monoisotopic (exact) mass is 1390 g/mol. The van der Waals surface area contributed by atoms with Crippen molar-refractivity contribution in [3.05, 3.63) is 239 Å². The zero-order valence-corrected chi connectivity index (χ0v) is 49.6. The molecule has 0 unspecified atom stereocenters. The summed E-state index contributed by atoms with van der Waals surface area (Å²) in [7, 11) is 0. The third kappa shape index (κ3) is 9.53. The SMILES string of the molecule is [2H]c1c([2H])c2c(c([2H])c1-c1cccc(-c3c([2H])c([2H])c4c(c3[2H])C(C([2H])([2H])[2H])(C([2H])([2H])[2H])C([2H])([2H])C([2H])([2H])C4(C([2H])([2H])[2H])C([2H])([2H])[2H])c1-[n+]1[c-]n(-c3[c-]c(Oc4[c-]c5c(cc4)c4ccc(-n6c7c(C([2H])([2H])[2H])cccc7c7cccc(C([2H])([2H])[2H])c76)cc4n5-c4cc(C(C)(C)C)ccn4)ccc3)c3ccccc31)C(C([2H])([2H])[2H])(C([2H])([2H])[2H])C([2H])([2H])C([2H])([2H])C2(C([2H])([2H])[2H])C([2H])([2H])[2H].[Pt]. The Kier molecular flexibility index (Phi) is 6.34. The number of para-hydroxylation sites is 5. The number of hydrogen-bond donors (Lipinski definition) is 0. The molecule has 0 N–H and O–H groups in total. The van der Waals surface area contributed by atoms with E-state index in [2.05, 4.69) is 18.5 Å². The van der Waals surface area contributed by atoms with Crippen molar-refractivity contribution in [2.75, 3.05) is 0 Å². The van der Waals surface area contributed by atoms with E-state index in [-0.39, 0.29) is 71.4 Å². The fourth-order valence-electron chi connectivity index (χ4n) is 11.9.